The summed E-state index contributed by atoms with van der Waals surface area (Å²) in [7, 11) is 0. The van der Waals surface area contributed by atoms with Gasteiger partial charge in [-0.05, 0) is 47.2 Å². The summed E-state index contributed by atoms with van der Waals surface area (Å²) in [4.78, 5) is 59.6. The summed E-state index contributed by atoms with van der Waals surface area (Å²) in [6.07, 6.45) is 2.75. The molecule has 8 atom stereocenters. The molecule has 0 saturated carbocycles. The molecule has 10 nitrogen and oxygen atoms in total. The van der Waals surface area contributed by atoms with E-state index in [2.05, 4.69) is 34.4 Å². The molecule has 2 bridgehead atoms. The van der Waals surface area contributed by atoms with Gasteiger partial charge in [0.25, 0.3) is 5.91 Å². The lowest BCUT2D eigenvalue weighted by Gasteiger charge is -2.40. The molecule has 52 heavy (non-hydrogen) atoms. The van der Waals surface area contributed by atoms with Gasteiger partial charge in [-0.1, -0.05) is 103 Å². The number of hydrogen-bond donors (Lipinski definition) is 2. The van der Waals surface area contributed by atoms with Crippen LogP contribution in [0.2, 0.25) is 0 Å². The highest BCUT2D eigenvalue weighted by Crippen LogP contribution is 2.61. The van der Waals surface area contributed by atoms with Gasteiger partial charge in [-0.3, -0.25) is 19.2 Å². The molecule has 3 fully saturated rings. The summed E-state index contributed by atoms with van der Waals surface area (Å²) >= 11 is 3.74. The van der Waals surface area contributed by atoms with Crippen LogP contribution in [0.4, 0.5) is 5.69 Å². The lowest BCUT2D eigenvalue weighted by molar-refractivity contribution is -0.161. The van der Waals surface area contributed by atoms with Gasteiger partial charge >= 0.3 is 5.97 Å². The third-order valence-electron chi connectivity index (χ3n) is 10.7. The molecule has 3 aliphatic heterocycles. The number of carbonyl (C=O) groups is 4. The van der Waals surface area contributed by atoms with Crippen molar-refractivity contribution in [1.29, 1.82) is 0 Å². The predicted octanol–water partition coefficient (Wildman–Crippen LogP) is 5.49. The minimum atomic E-state index is -1.38. The van der Waals surface area contributed by atoms with Crippen LogP contribution >= 0.6 is 15.9 Å². The van der Waals surface area contributed by atoms with Crippen LogP contribution in [0.15, 0.2) is 98.1 Å². The number of nitrogens with one attached hydrogen (secondary N) is 1. The van der Waals surface area contributed by atoms with Gasteiger partial charge in [-0.15, -0.1) is 13.2 Å². The average molecular weight is 773 g/mol. The van der Waals surface area contributed by atoms with E-state index in [-0.39, 0.29) is 48.7 Å². The quantitative estimate of drug-likeness (QED) is 0.119. The summed E-state index contributed by atoms with van der Waals surface area (Å²) in [6, 6.07) is 20.8. The van der Waals surface area contributed by atoms with Crippen LogP contribution in [-0.2, 0) is 28.7 Å². The van der Waals surface area contributed by atoms with E-state index < -0.39 is 53.6 Å². The smallest absolute Gasteiger partial charge is 0.313 e. The summed E-state index contributed by atoms with van der Waals surface area (Å²) in [5.41, 5.74) is -0.0751. The Kier molecular flexibility index (Phi) is 11.3. The zero-order chi connectivity index (χ0) is 37.2. The summed E-state index contributed by atoms with van der Waals surface area (Å²) in [5, 5.41) is 15.5. The molecule has 0 aliphatic carbocycles. The number of fused-ring (bicyclic) bond motifs is 2. The van der Waals surface area contributed by atoms with Gasteiger partial charge in [0.2, 0.25) is 11.8 Å². The number of aliphatic hydroxyl groups is 1. The molecule has 1 unspecified atom stereocenters. The number of carbonyl (C=O) groups excluding carboxylic acids is 4. The molecule has 3 aromatic carbocycles. The number of halogens is 1. The number of likely N-dealkylation sites (tertiary alicyclic amines) is 1. The number of anilines is 1. The van der Waals surface area contributed by atoms with Crippen molar-refractivity contribution >= 4 is 56.1 Å². The molecular formula is C41H46BrN3O7. The number of allylic oxidation sites excluding steroid dienone is 1. The maximum absolute atomic E-state index is 15.1. The topological polar surface area (TPSA) is 125 Å². The minimum absolute atomic E-state index is 0.0287. The van der Waals surface area contributed by atoms with Crippen LogP contribution in [-0.4, -0.2) is 82.0 Å². The highest BCUT2D eigenvalue weighted by molar-refractivity contribution is 9.09. The van der Waals surface area contributed by atoms with E-state index >= 15 is 4.79 Å². The third-order valence-corrected chi connectivity index (χ3v) is 11.5. The summed E-state index contributed by atoms with van der Waals surface area (Å²) < 4.78 is 12.9. The van der Waals surface area contributed by atoms with Gasteiger partial charge in [0.05, 0.1) is 37.1 Å². The fourth-order valence-corrected chi connectivity index (χ4v) is 9.12. The number of aliphatic hydroxyl groups excluding tert-OH is 1. The number of alkyl halides is 1. The van der Waals surface area contributed by atoms with Crippen LogP contribution in [0.3, 0.4) is 0 Å². The van der Waals surface area contributed by atoms with E-state index in [0.717, 1.165) is 10.8 Å². The lowest BCUT2D eigenvalue weighted by Crippen LogP contribution is -2.60. The fraction of sp³-hybridized carbons (Fsp3) is 0.415. The van der Waals surface area contributed by atoms with Gasteiger partial charge in [0, 0.05) is 23.5 Å². The van der Waals surface area contributed by atoms with E-state index in [9.17, 15) is 19.5 Å². The van der Waals surface area contributed by atoms with Crippen LogP contribution in [0.5, 0.6) is 0 Å². The first-order valence-corrected chi connectivity index (χ1v) is 18.8. The average Bonchev–Trinajstić information content (AvgIpc) is 3.74. The van der Waals surface area contributed by atoms with Crippen molar-refractivity contribution in [3.05, 3.63) is 104 Å². The first-order chi connectivity index (χ1) is 25.1. The maximum Gasteiger partial charge on any atom is 0.313 e. The molecule has 3 saturated heterocycles. The molecule has 3 amide bonds. The van der Waals surface area contributed by atoms with Gasteiger partial charge in [-0.2, -0.15) is 0 Å². The van der Waals surface area contributed by atoms with Gasteiger partial charge < -0.3 is 29.7 Å². The molecule has 2 N–H and O–H groups in total. The van der Waals surface area contributed by atoms with Crippen LogP contribution in [0.1, 0.15) is 44.8 Å². The van der Waals surface area contributed by atoms with E-state index in [1.807, 2.05) is 86.6 Å². The molecule has 1 spiro atoms. The summed E-state index contributed by atoms with van der Waals surface area (Å²) in [5.74, 6) is -3.98. The van der Waals surface area contributed by atoms with E-state index in [0.29, 0.717) is 24.1 Å². The second-order valence-electron chi connectivity index (χ2n) is 14.1. The monoisotopic (exact) mass is 771 g/mol. The Morgan fingerprint density at radius 1 is 1.08 bits per heavy atom. The SMILES string of the molecule is C=CCCC(=O)NC[C@@H](OC(=O)[C@@H]1[C@H]2O[C@@]3(CC2Br)[C@H](C(=O)N(CC=C)c2ccc4ccccc4c2)N([C@@H](CO)C(C)C)C(=O)[C@@H]13)c1ccccc1. The van der Waals surface area contributed by atoms with Gasteiger partial charge in [-0.25, -0.2) is 0 Å². The van der Waals surface area contributed by atoms with Crippen molar-refractivity contribution in [3.63, 3.8) is 0 Å². The number of esters is 1. The largest absolute Gasteiger partial charge is 0.455 e. The Morgan fingerprint density at radius 3 is 2.46 bits per heavy atom. The van der Waals surface area contributed by atoms with Crippen molar-refractivity contribution in [2.75, 3.05) is 24.6 Å². The zero-order valence-electron chi connectivity index (χ0n) is 29.5. The number of hydrogen-bond acceptors (Lipinski definition) is 7. The second kappa shape index (κ2) is 15.7. The van der Waals surface area contributed by atoms with Crippen LogP contribution < -0.4 is 10.2 Å². The Morgan fingerprint density at radius 2 is 1.79 bits per heavy atom. The number of rotatable bonds is 15. The van der Waals surface area contributed by atoms with Gasteiger partial charge in [0.15, 0.2) is 0 Å². The zero-order valence-corrected chi connectivity index (χ0v) is 31.1. The molecule has 6 rings (SSSR count). The normalized spacial score (nSPS) is 25.8. The fourth-order valence-electron chi connectivity index (χ4n) is 8.18. The minimum Gasteiger partial charge on any atom is -0.455 e. The molecule has 274 valence electrons. The number of amides is 3. The number of nitrogens with zero attached hydrogens (tertiary/aromatic N) is 2. The predicted molar refractivity (Wildman–Crippen MR) is 202 cm³/mol. The molecular weight excluding hydrogens is 726 g/mol. The lowest BCUT2D eigenvalue weighted by atomic mass is 9.70. The molecule has 3 aliphatic rings. The molecule has 3 aromatic rings. The van der Waals surface area contributed by atoms with E-state index in [1.165, 1.54) is 4.90 Å². The van der Waals surface area contributed by atoms with Crippen molar-refractivity contribution in [2.45, 2.75) is 67.8 Å². The Balaban J connectivity index is 1.37. The number of benzene rings is 3. The molecule has 11 heteroatoms. The number of ether oxygens (including phenoxy) is 2. The first kappa shape index (κ1) is 37.4. The highest BCUT2D eigenvalue weighted by Gasteiger charge is 2.77. The van der Waals surface area contributed by atoms with Crippen molar-refractivity contribution in [2.24, 2.45) is 17.8 Å². The maximum atomic E-state index is 15.1. The molecule has 3 heterocycles. The molecule has 0 aromatic heterocycles. The summed E-state index contributed by atoms with van der Waals surface area (Å²) in [6.45, 7) is 11.2. The van der Waals surface area contributed by atoms with Crippen LogP contribution in [0.25, 0.3) is 10.8 Å². The highest BCUT2D eigenvalue weighted by atomic mass is 79.9. The molecule has 0 radical (unpaired) electrons. The van der Waals surface area contributed by atoms with E-state index in [4.69, 9.17) is 9.47 Å². The standard InChI is InChI=1S/C41H46BrN3O7/c1-5-7-17-33(47)43-23-32(27-14-9-8-10-15-27)51-40(50)34-35-38(48)45(31(24-46)25(3)4)37(41(35)22-30(42)36(34)52-41)39(49)44(20-6-2)29-19-18-26-13-11-12-16-28(26)21-29/h5-6,8-16,18-19,21,25,30-32,34-37,46H,1-2,7,17,20,22-24H2,3-4H3,(H,43,47)/t30?,31-,32+,34-,35+,36-,37-,41+/m0/s1. The Labute approximate surface area is 313 Å². The third kappa shape index (κ3) is 6.81. The Hall–Kier alpha value is -4.32. The van der Waals surface area contributed by atoms with Gasteiger partial charge in [0.1, 0.15) is 17.7 Å². The van der Waals surface area contributed by atoms with Crippen molar-refractivity contribution < 1.29 is 33.8 Å². The van der Waals surface area contributed by atoms with Crippen molar-refractivity contribution in [1.82, 2.24) is 10.2 Å². The second-order valence-corrected chi connectivity index (χ2v) is 15.3. The van der Waals surface area contributed by atoms with Crippen LogP contribution in [0, 0.1) is 17.8 Å². The van der Waals surface area contributed by atoms with Crippen molar-refractivity contribution in [3.8, 4) is 0 Å². The van der Waals surface area contributed by atoms with E-state index in [1.54, 1.807) is 17.1 Å². The first-order valence-electron chi connectivity index (χ1n) is 17.8. The Bertz CT molecular complexity index is 1840.